The number of hydrogen-bond acceptors (Lipinski definition) is 5. The molecule has 0 aliphatic rings. The highest BCUT2D eigenvalue weighted by molar-refractivity contribution is 6.07. The molecule has 0 fully saturated rings. The summed E-state index contributed by atoms with van der Waals surface area (Å²) in [5, 5.41) is 0. The van der Waals surface area contributed by atoms with E-state index in [1.807, 2.05) is 25.1 Å². The molecular weight excluding hydrogens is 320 g/mol. The van der Waals surface area contributed by atoms with Crippen molar-refractivity contribution in [1.29, 1.82) is 0 Å². The molecule has 5 heteroatoms. The first-order valence-corrected chi connectivity index (χ1v) is 7.71. The average Bonchev–Trinajstić information content (AvgIpc) is 2.65. The highest BCUT2D eigenvalue weighted by atomic mass is 16.5. The smallest absolute Gasteiger partial charge is 0.203 e. The van der Waals surface area contributed by atoms with E-state index in [0.717, 1.165) is 16.9 Å². The summed E-state index contributed by atoms with van der Waals surface area (Å²) in [6, 6.07) is 8.96. The molecule has 2 aromatic carbocycles. The summed E-state index contributed by atoms with van der Waals surface area (Å²) in [6.07, 6.45) is 3.30. The molecule has 5 nitrogen and oxygen atoms in total. The average molecular weight is 342 g/mol. The van der Waals surface area contributed by atoms with Crippen molar-refractivity contribution in [2.45, 2.75) is 6.92 Å². The number of ketones is 1. The largest absolute Gasteiger partial charge is 0.497 e. The van der Waals surface area contributed by atoms with E-state index in [1.165, 1.54) is 27.4 Å². The second-order valence-corrected chi connectivity index (χ2v) is 5.33. The summed E-state index contributed by atoms with van der Waals surface area (Å²) in [6.45, 7) is 1.96. The van der Waals surface area contributed by atoms with Crippen LogP contribution in [-0.2, 0) is 0 Å². The summed E-state index contributed by atoms with van der Waals surface area (Å²) in [5.41, 5.74) is 2.42. The SMILES string of the molecule is COc1ccc(/C=C/C(=O)c2cc(OC)c(OC)c(OC)c2)c(C)c1. The van der Waals surface area contributed by atoms with Gasteiger partial charge < -0.3 is 18.9 Å². The van der Waals surface area contributed by atoms with Crippen LogP contribution >= 0.6 is 0 Å². The predicted molar refractivity (Wildman–Crippen MR) is 97.2 cm³/mol. The number of methoxy groups -OCH3 is 4. The maximum absolute atomic E-state index is 12.5. The monoisotopic (exact) mass is 342 g/mol. The minimum Gasteiger partial charge on any atom is -0.497 e. The van der Waals surface area contributed by atoms with Crippen molar-refractivity contribution >= 4 is 11.9 Å². The van der Waals surface area contributed by atoms with Crippen molar-refractivity contribution in [2.24, 2.45) is 0 Å². The lowest BCUT2D eigenvalue weighted by Gasteiger charge is -2.13. The molecule has 2 rings (SSSR count). The summed E-state index contributed by atoms with van der Waals surface area (Å²) < 4.78 is 21.0. The van der Waals surface area contributed by atoms with Crippen LogP contribution in [0.25, 0.3) is 6.08 Å². The van der Waals surface area contributed by atoms with Gasteiger partial charge in [0, 0.05) is 5.56 Å². The molecule has 0 spiro atoms. The van der Waals surface area contributed by atoms with E-state index in [2.05, 4.69) is 0 Å². The van der Waals surface area contributed by atoms with E-state index in [4.69, 9.17) is 18.9 Å². The molecule has 0 aliphatic carbocycles. The maximum Gasteiger partial charge on any atom is 0.203 e. The van der Waals surface area contributed by atoms with Crippen LogP contribution in [0, 0.1) is 6.92 Å². The van der Waals surface area contributed by atoms with Crippen LogP contribution in [0.1, 0.15) is 21.5 Å². The van der Waals surface area contributed by atoms with Gasteiger partial charge in [0.25, 0.3) is 0 Å². The Bertz CT molecular complexity index is 768. The van der Waals surface area contributed by atoms with Gasteiger partial charge in [-0.1, -0.05) is 12.1 Å². The molecule has 0 amide bonds. The lowest BCUT2D eigenvalue weighted by atomic mass is 10.0. The van der Waals surface area contributed by atoms with E-state index in [-0.39, 0.29) is 5.78 Å². The highest BCUT2D eigenvalue weighted by Crippen LogP contribution is 2.38. The zero-order chi connectivity index (χ0) is 18.4. The lowest BCUT2D eigenvalue weighted by Crippen LogP contribution is -2.00. The fourth-order valence-electron chi connectivity index (χ4n) is 2.45. The molecule has 0 unspecified atom stereocenters. The summed E-state index contributed by atoms with van der Waals surface area (Å²) in [5.74, 6) is 1.97. The zero-order valence-electron chi connectivity index (χ0n) is 15.1. The number of aryl methyl sites for hydroxylation is 1. The van der Waals surface area contributed by atoms with Crippen molar-refractivity contribution in [1.82, 2.24) is 0 Å². The maximum atomic E-state index is 12.5. The van der Waals surface area contributed by atoms with E-state index in [9.17, 15) is 4.79 Å². The number of allylic oxidation sites excluding steroid dienone is 1. The Labute approximate surface area is 147 Å². The topological polar surface area (TPSA) is 54.0 Å². The fourth-order valence-corrected chi connectivity index (χ4v) is 2.45. The van der Waals surface area contributed by atoms with Crippen molar-refractivity contribution in [3.63, 3.8) is 0 Å². The van der Waals surface area contributed by atoms with E-state index in [1.54, 1.807) is 25.3 Å². The number of carbonyl (C=O) groups excluding carboxylic acids is 1. The van der Waals surface area contributed by atoms with Crippen LogP contribution in [0.2, 0.25) is 0 Å². The van der Waals surface area contributed by atoms with Crippen LogP contribution < -0.4 is 18.9 Å². The second-order valence-electron chi connectivity index (χ2n) is 5.33. The third kappa shape index (κ3) is 4.12. The molecule has 0 N–H and O–H groups in total. The van der Waals surface area contributed by atoms with Crippen LogP contribution in [-0.4, -0.2) is 34.2 Å². The Hall–Kier alpha value is -2.95. The van der Waals surface area contributed by atoms with Gasteiger partial charge >= 0.3 is 0 Å². The number of benzene rings is 2. The van der Waals surface area contributed by atoms with E-state index >= 15 is 0 Å². The molecule has 0 bridgehead atoms. The Morgan fingerprint density at radius 3 is 2.00 bits per heavy atom. The van der Waals surface area contributed by atoms with Crippen molar-refractivity contribution in [3.05, 3.63) is 53.1 Å². The molecular formula is C20H22O5. The molecule has 0 heterocycles. The molecule has 0 aromatic heterocycles. The van der Waals surface area contributed by atoms with Crippen LogP contribution in [0.4, 0.5) is 0 Å². The first kappa shape index (κ1) is 18.4. The minimum atomic E-state index is -0.158. The first-order valence-electron chi connectivity index (χ1n) is 7.71. The third-order valence-corrected chi connectivity index (χ3v) is 3.84. The number of carbonyl (C=O) groups is 1. The Morgan fingerprint density at radius 2 is 1.52 bits per heavy atom. The Morgan fingerprint density at radius 1 is 0.880 bits per heavy atom. The summed E-state index contributed by atoms with van der Waals surface area (Å²) in [7, 11) is 6.18. The third-order valence-electron chi connectivity index (χ3n) is 3.84. The number of hydrogen-bond donors (Lipinski definition) is 0. The van der Waals surface area contributed by atoms with Gasteiger partial charge in [-0.25, -0.2) is 0 Å². The zero-order valence-corrected chi connectivity index (χ0v) is 15.1. The normalized spacial score (nSPS) is 10.6. The van der Waals surface area contributed by atoms with Gasteiger partial charge in [-0.3, -0.25) is 4.79 Å². The van der Waals surface area contributed by atoms with Gasteiger partial charge in [-0.05, 0) is 48.4 Å². The highest BCUT2D eigenvalue weighted by Gasteiger charge is 2.15. The Balaban J connectivity index is 2.31. The second kappa shape index (κ2) is 8.24. The quantitative estimate of drug-likeness (QED) is 0.564. The van der Waals surface area contributed by atoms with Gasteiger partial charge in [-0.15, -0.1) is 0 Å². The number of ether oxygens (including phenoxy) is 4. The molecule has 132 valence electrons. The van der Waals surface area contributed by atoms with Gasteiger partial charge in [0.15, 0.2) is 17.3 Å². The van der Waals surface area contributed by atoms with Gasteiger partial charge in [-0.2, -0.15) is 0 Å². The molecule has 2 aromatic rings. The van der Waals surface area contributed by atoms with E-state index < -0.39 is 0 Å². The van der Waals surface area contributed by atoms with Crippen molar-refractivity contribution in [2.75, 3.05) is 28.4 Å². The van der Waals surface area contributed by atoms with Gasteiger partial charge in [0.05, 0.1) is 28.4 Å². The standard InChI is InChI=1S/C20H22O5/c1-13-10-16(22-2)8-6-14(13)7-9-17(21)15-11-18(23-3)20(25-5)19(12-15)24-4/h6-12H,1-5H3/b9-7+. The molecule has 0 atom stereocenters. The number of rotatable bonds is 7. The molecule has 0 radical (unpaired) electrons. The van der Waals surface area contributed by atoms with Gasteiger partial charge in [0.2, 0.25) is 5.75 Å². The van der Waals surface area contributed by atoms with Crippen LogP contribution in [0.5, 0.6) is 23.0 Å². The van der Waals surface area contributed by atoms with Gasteiger partial charge in [0.1, 0.15) is 5.75 Å². The summed E-state index contributed by atoms with van der Waals surface area (Å²) in [4.78, 5) is 12.5. The molecule has 0 aliphatic heterocycles. The predicted octanol–water partition coefficient (Wildman–Crippen LogP) is 3.93. The van der Waals surface area contributed by atoms with Crippen LogP contribution in [0.3, 0.4) is 0 Å². The minimum absolute atomic E-state index is 0.158. The van der Waals surface area contributed by atoms with E-state index in [0.29, 0.717) is 22.8 Å². The molecule has 0 saturated heterocycles. The first-order chi connectivity index (χ1) is 12.0. The molecule has 25 heavy (non-hydrogen) atoms. The fraction of sp³-hybridized carbons (Fsp3) is 0.250. The van der Waals surface area contributed by atoms with Crippen LogP contribution in [0.15, 0.2) is 36.4 Å². The molecule has 0 saturated carbocycles. The lowest BCUT2D eigenvalue weighted by molar-refractivity contribution is 0.104. The Kier molecular flexibility index (Phi) is 6.06. The van der Waals surface area contributed by atoms with Crippen molar-refractivity contribution in [3.8, 4) is 23.0 Å². The summed E-state index contributed by atoms with van der Waals surface area (Å²) >= 11 is 0. The van der Waals surface area contributed by atoms with Crippen molar-refractivity contribution < 1.29 is 23.7 Å².